The van der Waals surface area contributed by atoms with Gasteiger partial charge in [0.25, 0.3) is 0 Å². The molecular formula is C48H27NO. The van der Waals surface area contributed by atoms with E-state index in [0.717, 1.165) is 44.0 Å². The average Bonchev–Trinajstić information content (AvgIpc) is 3.73. The largest absolute Gasteiger partial charge is 0.455 e. The van der Waals surface area contributed by atoms with Crippen molar-refractivity contribution >= 4 is 97.6 Å². The van der Waals surface area contributed by atoms with E-state index in [9.17, 15) is 0 Å². The van der Waals surface area contributed by atoms with Crippen molar-refractivity contribution in [3.05, 3.63) is 164 Å². The van der Waals surface area contributed by atoms with E-state index in [2.05, 4.69) is 162 Å². The lowest BCUT2D eigenvalue weighted by Crippen LogP contribution is -1.93. The summed E-state index contributed by atoms with van der Waals surface area (Å²) < 4.78 is 9.02. The minimum atomic E-state index is 0.915. The van der Waals surface area contributed by atoms with Crippen LogP contribution in [0.1, 0.15) is 0 Å². The predicted octanol–water partition coefficient (Wildman–Crippen LogP) is 13.6. The van der Waals surface area contributed by atoms with Gasteiger partial charge in [0.15, 0.2) is 0 Å². The van der Waals surface area contributed by atoms with Crippen LogP contribution in [0.15, 0.2) is 168 Å². The highest BCUT2D eigenvalue weighted by Crippen LogP contribution is 2.46. The lowest BCUT2D eigenvalue weighted by molar-refractivity contribution is 0.673. The van der Waals surface area contributed by atoms with E-state index in [1.54, 1.807) is 0 Å². The van der Waals surface area contributed by atoms with Crippen molar-refractivity contribution in [1.29, 1.82) is 0 Å². The first-order valence-corrected chi connectivity index (χ1v) is 17.3. The molecule has 0 fully saturated rings. The SMILES string of the molecule is c1ccc(-n2c3ccc(-c4ccc5c(c4)c4cccc6c7ccccc7c7cccc5c7c64)cc3c3c4oc5ccccc5c4ccc32)cc1. The van der Waals surface area contributed by atoms with Crippen molar-refractivity contribution < 1.29 is 4.42 Å². The van der Waals surface area contributed by atoms with Crippen LogP contribution in [0.5, 0.6) is 0 Å². The number of nitrogens with zero attached hydrogens (tertiary/aromatic N) is 1. The Morgan fingerprint density at radius 1 is 0.320 bits per heavy atom. The number of fused-ring (bicyclic) bond motifs is 13. The molecule has 2 nitrogen and oxygen atoms in total. The molecule has 0 saturated carbocycles. The lowest BCUT2D eigenvalue weighted by atomic mass is 9.85. The van der Waals surface area contributed by atoms with Crippen molar-refractivity contribution in [3.63, 3.8) is 0 Å². The van der Waals surface area contributed by atoms with Crippen molar-refractivity contribution in [2.24, 2.45) is 0 Å². The topological polar surface area (TPSA) is 18.1 Å². The van der Waals surface area contributed by atoms with Gasteiger partial charge in [0.2, 0.25) is 0 Å². The zero-order valence-electron chi connectivity index (χ0n) is 26.9. The van der Waals surface area contributed by atoms with Crippen LogP contribution in [0.25, 0.3) is 114 Å². The molecule has 0 aliphatic carbocycles. The van der Waals surface area contributed by atoms with E-state index < -0.39 is 0 Å². The molecule has 10 aromatic carbocycles. The first-order valence-electron chi connectivity index (χ1n) is 17.3. The van der Waals surface area contributed by atoms with Gasteiger partial charge in [-0.15, -0.1) is 0 Å². The Morgan fingerprint density at radius 2 is 0.840 bits per heavy atom. The molecule has 0 radical (unpaired) electrons. The molecule has 2 heterocycles. The van der Waals surface area contributed by atoms with E-state index in [1.807, 2.05) is 6.07 Å². The van der Waals surface area contributed by atoms with Gasteiger partial charge in [-0.1, -0.05) is 115 Å². The molecule has 0 aliphatic rings. The number of hydrogen-bond donors (Lipinski definition) is 0. The van der Waals surface area contributed by atoms with E-state index in [1.165, 1.54) is 70.4 Å². The summed E-state index contributed by atoms with van der Waals surface area (Å²) in [6.07, 6.45) is 0. The molecule has 12 rings (SSSR count). The monoisotopic (exact) mass is 633 g/mol. The van der Waals surface area contributed by atoms with E-state index in [4.69, 9.17) is 4.42 Å². The Bertz CT molecular complexity index is 3360. The highest BCUT2D eigenvalue weighted by Gasteiger charge is 2.20. The Kier molecular flexibility index (Phi) is 5.00. The summed E-state index contributed by atoms with van der Waals surface area (Å²) in [4.78, 5) is 0. The smallest absolute Gasteiger partial charge is 0.145 e. The third-order valence-electron chi connectivity index (χ3n) is 11.1. The highest BCUT2D eigenvalue weighted by molar-refractivity contribution is 6.40. The fraction of sp³-hybridized carbons (Fsp3) is 0. The van der Waals surface area contributed by atoms with Crippen LogP contribution in [-0.4, -0.2) is 4.57 Å². The highest BCUT2D eigenvalue weighted by atomic mass is 16.3. The van der Waals surface area contributed by atoms with E-state index >= 15 is 0 Å². The fourth-order valence-corrected chi connectivity index (χ4v) is 9.00. The molecule has 0 atom stereocenters. The van der Waals surface area contributed by atoms with Crippen LogP contribution >= 0.6 is 0 Å². The van der Waals surface area contributed by atoms with Gasteiger partial charge in [-0.3, -0.25) is 0 Å². The van der Waals surface area contributed by atoms with Crippen LogP contribution in [0, 0.1) is 0 Å². The molecule has 0 aliphatic heterocycles. The standard InChI is InChI=1S/C48H27NO/c1-2-10-30(11-3-1)49-42-24-21-29(27-41(42)47-43(49)25-23-39-34-14-6-7-19-44(34)50-48(39)47)28-20-22-33-37-17-8-15-35-31-12-4-5-13-32(31)36-16-9-18-38(40(33)26-28)46(36)45(35)37/h1-27H. The number of furan rings is 1. The van der Waals surface area contributed by atoms with Gasteiger partial charge in [-0.25, -0.2) is 0 Å². The van der Waals surface area contributed by atoms with Crippen LogP contribution < -0.4 is 0 Å². The van der Waals surface area contributed by atoms with Crippen LogP contribution in [0.2, 0.25) is 0 Å². The Balaban J connectivity index is 1.17. The predicted molar refractivity (Wildman–Crippen MR) is 212 cm³/mol. The minimum absolute atomic E-state index is 0.915. The molecule has 0 spiro atoms. The van der Waals surface area contributed by atoms with Gasteiger partial charge in [0, 0.05) is 21.8 Å². The fourth-order valence-electron chi connectivity index (χ4n) is 9.00. The first kappa shape index (κ1) is 26.3. The molecule has 50 heavy (non-hydrogen) atoms. The first-order chi connectivity index (χ1) is 24.8. The normalized spacial score (nSPS) is 12.4. The van der Waals surface area contributed by atoms with Crippen LogP contribution in [0.4, 0.5) is 0 Å². The second-order valence-corrected chi connectivity index (χ2v) is 13.6. The quantitative estimate of drug-likeness (QED) is 0.137. The number of para-hydroxylation sites is 2. The van der Waals surface area contributed by atoms with Crippen LogP contribution in [-0.2, 0) is 0 Å². The Labute approximate surface area is 286 Å². The molecule has 0 N–H and O–H groups in total. The van der Waals surface area contributed by atoms with Crippen molar-refractivity contribution in [2.75, 3.05) is 0 Å². The number of aromatic nitrogens is 1. The van der Waals surface area contributed by atoms with E-state index in [0.29, 0.717) is 0 Å². The number of benzene rings is 10. The van der Waals surface area contributed by atoms with Gasteiger partial charge >= 0.3 is 0 Å². The Hall–Kier alpha value is -6.64. The zero-order chi connectivity index (χ0) is 32.5. The van der Waals surface area contributed by atoms with Crippen molar-refractivity contribution in [2.45, 2.75) is 0 Å². The molecule has 2 aromatic heterocycles. The molecule has 0 saturated heterocycles. The third-order valence-corrected chi connectivity index (χ3v) is 11.1. The maximum Gasteiger partial charge on any atom is 0.145 e. The second-order valence-electron chi connectivity index (χ2n) is 13.6. The molecule has 0 amide bonds. The summed E-state index contributed by atoms with van der Waals surface area (Å²) in [6, 6.07) is 60.0. The Morgan fingerprint density at radius 3 is 1.56 bits per heavy atom. The average molecular weight is 634 g/mol. The summed E-state index contributed by atoms with van der Waals surface area (Å²) in [6.45, 7) is 0. The van der Waals surface area contributed by atoms with Gasteiger partial charge in [0.05, 0.1) is 16.4 Å². The van der Waals surface area contributed by atoms with Gasteiger partial charge < -0.3 is 8.98 Å². The molecule has 0 unspecified atom stereocenters. The van der Waals surface area contributed by atoms with Crippen molar-refractivity contribution in [3.8, 4) is 16.8 Å². The molecular weight excluding hydrogens is 607 g/mol. The summed E-state index contributed by atoms with van der Waals surface area (Å²) in [5.74, 6) is 0. The molecule has 2 heteroatoms. The minimum Gasteiger partial charge on any atom is -0.455 e. The molecule has 230 valence electrons. The van der Waals surface area contributed by atoms with Gasteiger partial charge in [0.1, 0.15) is 11.2 Å². The zero-order valence-corrected chi connectivity index (χ0v) is 26.9. The molecule has 0 bridgehead atoms. The third kappa shape index (κ3) is 3.32. The maximum atomic E-state index is 6.65. The number of rotatable bonds is 2. The van der Waals surface area contributed by atoms with Gasteiger partial charge in [-0.05, 0) is 114 Å². The summed E-state index contributed by atoms with van der Waals surface area (Å²) in [7, 11) is 0. The summed E-state index contributed by atoms with van der Waals surface area (Å²) >= 11 is 0. The maximum absolute atomic E-state index is 6.65. The van der Waals surface area contributed by atoms with Crippen molar-refractivity contribution in [1.82, 2.24) is 4.57 Å². The van der Waals surface area contributed by atoms with Crippen LogP contribution in [0.3, 0.4) is 0 Å². The van der Waals surface area contributed by atoms with E-state index in [-0.39, 0.29) is 0 Å². The van der Waals surface area contributed by atoms with Gasteiger partial charge in [-0.2, -0.15) is 0 Å². The summed E-state index contributed by atoms with van der Waals surface area (Å²) in [5.41, 5.74) is 7.69. The number of hydrogen-bond acceptors (Lipinski definition) is 1. The second kappa shape index (κ2) is 9.49. The summed E-state index contributed by atoms with van der Waals surface area (Å²) in [5, 5.41) is 17.8. The lowest BCUT2D eigenvalue weighted by Gasteiger charge is -2.18. The molecule has 12 aromatic rings.